The quantitative estimate of drug-likeness (QED) is 0.648. The van der Waals surface area contributed by atoms with Gasteiger partial charge in [-0.05, 0) is 37.1 Å². The van der Waals surface area contributed by atoms with E-state index in [1.165, 1.54) is 0 Å². The van der Waals surface area contributed by atoms with Gasteiger partial charge in [-0.1, -0.05) is 15.9 Å². The van der Waals surface area contributed by atoms with Crippen molar-refractivity contribution in [2.75, 3.05) is 7.11 Å². The summed E-state index contributed by atoms with van der Waals surface area (Å²) in [7, 11) is 3.59. The van der Waals surface area contributed by atoms with E-state index in [0.717, 1.165) is 33.5 Å². The zero-order valence-electron chi connectivity index (χ0n) is 11.9. The van der Waals surface area contributed by atoms with Gasteiger partial charge < -0.3 is 4.74 Å². The van der Waals surface area contributed by atoms with Crippen molar-refractivity contribution in [2.24, 2.45) is 12.9 Å². The minimum atomic E-state index is 0.00658. The van der Waals surface area contributed by atoms with E-state index in [9.17, 15) is 0 Å². The summed E-state index contributed by atoms with van der Waals surface area (Å²) < 4.78 is 8.16. The third kappa shape index (κ3) is 3.03. The zero-order valence-corrected chi connectivity index (χ0v) is 13.4. The van der Waals surface area contributed by atoms with Crippen molar-refractivity contribution in [3.05, 3.63) is 45.7 Å². The summed E-state index contributed by atoms with van der Waals surface area (Å²) in [5.74, 6) is 6.55. The van der Waals surface area contributed by atoms with Crippen molar-refractivity contribution in [3.8, 4) is 5.75 Å². The lowest BCUT2D eigenvalue weighted by molar-refractivity contribution is 0.413. The average molecular weight is 339 g/mol. The molecule has 0 aliphatic rings. The Balaban J connectivity index is 2.29. The molecule has 0 saturated heterocycles. The molecule has 0 aliphatic carbocycles. The van der Waals surface area contributed by atoms with Crippen molar-refractivity contribution in [1.82, 2.24) is 15.2 Å². The Morgan fingerprint density at radius 1 is 1.50 bits per heavy atom. The molecule has 20 heavy (non-hydrogen) atoms. The second kappa shape index (κ2) is 6.39. The number of halogens is 1. The number of hydrazine groups is 1. The maximum atomic E-state index is 5.72. The fourth-order valence-corrected chi connectivity index (χ4v) is 2.58. The van der Waals surface area contributed by atoms with Gasteiger partial charge in [0.15, 0.2) is 0 Å². The summed E-state index contributed by atoms with van der Waals surface area (Å²) in [5, 5.41) is 4.27. The van der Waals surface area contributed by atoms with Gasteiger partial charge in [0, 0.05) is 22.8 Å². The monoisotopic (exact) mass is 338 g/mol. The number of aromatic nitrogens is 2. The van der Waals surface area contributed by atoms with Gasteiger partial charge in [0.25, 0.3) is 0 Å². The van der Waals surface area contributed by atoms with E-state index >= 15 is 0 Å². The molecule has 0 fully saturated rings. The van der Waals surface area contributed by atoms with Crippen molar-refractivity contribution < 1.29 is 4.74 Å². The first-order valence-electron chi connectivity index (χ1n) is 6.33. The Hall–Kier alpha value is -1.37. The molecule has 0 amide bonds. The van der Waals surface area contributed by atoms with Gasteiger partial charge in [-0.25, -0.2) is 0 Å². The van der Waals surface area contributed by atoms with Gasteiger partial charge >= 0.3 is 0 Å². The van der Waals surface area contributed by atoms with Gasteiger partial charge in [-0.3, -0.25) is 16.0 Å². The van der Waals surface area contributed by atoms with E-state index in [1.807, 2.05) is 43.0 Å². The highest BCUT2D eigenvalue weighted by molar-refractivity contribution is 9.10. The van der Waals surface area contributed by atoms with Crippen LogP contribution in [0.2, 0.25) is 0 Å². The van der Waals surface area contributed by atoms with Crippen LogP contribution in [-0.4, -0.2) is 16.9 Å². The van der Waals surface area contributed by atoms with Gasteiger partial charge in [0.05, 0.1) is 19.3 Å². The van der Waals surface area contributed by atoms with Crippen LogP contribution in [0.25, 0.3) is 0 Å². The Labute approximate surface area is 127 Å². The number of benzene rings is 1. The Morgan fingerprint density at radius 2 is 2.25 bits per heavy atom. The number of methoxy groups -OCH3 is 1. The molecule has 0 saturated carbocycles. The van der Waals surface area contributed by atoms with Crippen LogP contribution in [0.3, 0.4) is 0 Å². The lowest BCUT2D eigenvalue weighted by Gasteiger charge is -2.17. The van der Waals surface area contributed by atoms with Crippen LogP contribution in [0.5, 0.6) is 5.75 Å². The first-order valence-corrected chi connectivity index (χ1v) is 7.13. The fourth-order valence-electron chi connectivity index (χ4n) is 2.17. The summed E-state index contributed by atoms with van der Waals surface area (Å²) >= 11 is 3.57. The number of aryl methyl sites for hydroxylation is 1. The van der Waals surface area contributed by atoms with E-state index in [1.54, 1.807) is 7.11 Å². The third-order valence-corrected chi connectivity index (χ3v) is 4.30. The van der Waals surface area contributed by atoms with Gasteiger partial charge in [-0.15, -0.1) is 0 Å². The largest absolute Gasteiger partial charge is 0.497 e. The molecule has 1 unspecified atom stereocenters. The molecule has 6 heteroatoms. The molecule has 1 atom stereocenters. The molecule has 0 bridgehead atoms. The van der Waals surface area contributed by atoms with Crippen LogP contribution in [0, 0.1) is 6.92 Å². The van der Waals surface area contributed by atoms with E-state index < -0.39 is 0 Å². The highest BCUT2D eigenvalue weighted by Crippen LogP contribution is 2.28. The first-order chi connectivity index (χ1) is 9.56. The molecular weight excluding hydrogens is 320 g/mol. The van der Waals surface area contributed by atoms with Crippen LogP contribution in [-0.2, 0) is 13.5 Å². The van der Waals surface area contributed by atoms with E-state index in [2.05, 4.69) is 26.5 Å². The maximum absolute atomic E-state index is 5.72. The zero-order chi connectivity index (χ0) is 14.7. The fraction of sp³-hybridized carbons (Fsp3) is 0.357. The molecular formula is C14H19BrN4O. The van der Waals surface area contributed by atoms with Gasteiger partial charge in [-0.2, -0.15) is 5.10 Å². The Kier molecular flexibility index (Phi) is 4.80. The number of nitrogens with two attached hydrogens (primary N) is 1. The standard InChI is InChI=1S/C14H19BrN4O/c1-9-12(8-17-19(9)2)14(18-16)7-10-6-11(20-3)4-5-13(10)15/h4-6,8,14,18H,7,16H2,1-3H3. The molecule has 3 N–H and O–H groups in total. The SMILES string of the molecule is COc1ccc(Br)c(CC(NN)c2cnn(C)c2C)c1. The van der Waals surface area contributed by atoms with Crippen LogP contribution in [0.1, 0.15) is 22.9 Å². The highest BCUT2D eigenvalue weighted by atomic mass is 79.9. The summed E-state index contributed by atoms with van der Waals surface area (Å²) in [4.78, 5) is 0. The number of hydrogen-bond acceptors (Lipinski definition) is 4. The van der Waals surface area contributed by atoms with Crippen molar-refractivity contribution in [3.63, 3.8) is 0 Å². The van der Waals surface area contributed by atoms with Crippen molar-refractivity contribution in [1.29, 1.82) is 0 Å². The summed E-state index contributed by atoms with van der Waals surface area (Å²) in [5.41, 5.74) is 6.21. The molecule has 2 aromatic rings. The van der Waals surface area contributed by atoms with E-state index in [0.29, 0.717) is 0 Å². The second-order valence-electron chi connectivity index (χ2n) is 4.69. The molecule has 108 valence electrons. The van der Waals surface area contributed by atoms with Crippen molar-refractivity contribution in [2.45, 2.75) is 19.4 Å². The molecule has 0 radical (unpaired) electrons. The number of hydrogen-bond donors (Lipinski definition) is 2. The lowest BCUT2D eigenvalue weighted by atomic mass is 10.00. The smallest absolute Gasteiger partial charge is 0.119 e. The molecule has 1 heterocycles. The summed E-state index contributed by atoms with van der Waals surface area (Å²) in [6, 6.07) is 5.93. The average Bonchev–Trinajstić information content (AvgIpc) is 2.78. The molecule has 5 nitrogen and oxygen atoms in total. The number of nitrogens with one attached hydrogen (secondary N) is 1. The molecule has 0 spiro atoms. The molecule has 2 rings (SSSR count). The summed E-state index contributed by atoms with van der Waals surface area (Å²) in [6.07, 6.45) is 2.61. The topological polar surface area (TPSA) is 65.1 Å². The van der Waals surface area contributed by atoms with Crippen LogP contribution >= 0.6 is 15.9 Å². The van der Waals surface area contributed by atoms with Crippen LogP contribution in [0.4, 0.5) is 0 Å². The molecule has 1 aromatic carbocycles. The normalized spacial score (nSPS) is 12.4. The first kappa shape index (κ1) is 15.0. The molecule has 0 aliphatic heterocycles. The van der Waals surface area contributed by atoms with Crippen LogP contribution in [0.15, 0.2) is 28.9 Å². The minimum absolute atomic E-state index is 0.00658. The van der Waals surface area contributed by atoms with Gasteiger partial charge in [0.2, 0.25) is 0 Å². The predicted molar refractivity (Wildman–Crippen MR) is 82.4 cm³/mol. The number of rotatable bonds is 5. The number of ether oxygens (including phenoxy) is 1. The second-order valence-corrected chi connectivity index (χ2v) is 5.54. The summed E-state index contributed by atoms with van der Waals surface area (Å²) in [6.45, 7) is 2.04. The van der Waals surface area contributed by atoms with E-state index in [-0.39, 0.29) is 6.04 Å². The predicted octanol–water partition coefficient (Wildman–Crippen LogP) is 2.25. The lowest BCUT2D eigenvalue weighted by Crippen LogP contribution is -2.30. The Bertz CT molecular complexity index is 597. The Morgan fingerprint density at radius 3 is 2.80 bits per heavy atom. The maximum Gasteiger partial charge on any atom is 0.119 e. The third-order valence-electron chi connectivity index (χ3n) is 3.53. The van der Waals surface area contributed by atoms with Crippen molar-refractivity contribution >= 4 is 15.9 Å². The van der Waals surface area contributed by atoms with Gasteiger partial charge in [0.1, 0.15) is 5.75 Å². The molecule has 1 aromatic heterocycles. The highest BCUT2D eigenvalue weighted by Gasteiger charge is 2.17. The number of nitrogens with zero attached hydrogens (tertiary/aromatic N) is 2. The van der Waals surface area contributed by atoms with E-state index in [4.69, 9.17) is 10.6 Å². The van der Waals surface area contributed by atoms with Crippen LogP contribution < -0.4 is 16.0 Å². The minimum Gasteiger partial charge on any atom is -0.497 e.